The predicted octanol–water partition coefficient (Wildman–Crippen LogP) is 5.46. The summed E-state index contributed by atoms with van der Waals surface area (Å²) in [6, 6.07) is 10.9. The average Bonchev–Trinajstić information content (AvgIpc) is 3.34. The Morgan fingerprint density at radius 3 is 2.38 bits per heavy atom. The minimum atomic E-state index is -4.72. The second-order valence-corrected chi connectivity index (χ2v) is 8.28. The molecule has 1 aliphatic rings. The highest BCUT2D eigenvalue weighted by Crippen LogP contribution is 2.42. The molecular weight excluding hydrogens is 454 g/mol. The van der Waals surface area contributed by atoms with Crippen molar-refractivity contribution in [1.29, 1.82) is 0 Å². The number of aliphatic carboxylic acids is 1. The van der Waals surface area contributed by atoms with Crippen LogP contribution in [0.1, 0.15) is 36.3 Å². The topological polar surface area (TPSA) is 95.1 Å². The normalized spacial score (nSPS) is 20.6. The molecule has 1 heterocycles. The van der Waals surface area contributed by atoms with E-state index in [0.29, 0.717) is 25.0 Å². The monoisotopic (exact) mass is 475 g/mol. The van der Waals surface area contributed by atoms with Crippen molar-refractivity contribution in [3.63, 3.8) is 0 Å². The number of anilines is 1. The van der Waals surface area contributed by atoms with Crippen molar-refractivity contribution in [3.8, 4) is 11.3 Å². The third-order valence-electron chi connectivity index (χ3n) is 6.22. The molecule has 0 spiro atoms. The molecule has 3 N–H and O–H groups in total. The zero-order chi connectivity index (χ0) is 24.5. The largest absolute Gasteiger partial charge is 0.481 e. The summed E-state index contributed by atoms with van der Waals surface area (Å²) in [4.78, 5) is 25.1. The van der Waals surface area contributed by atoms with Gasteiger partial charge in [0.1, 0.15) is 5.82 Å². The lowest BCUT2D eigenvalue weighted by atomic mass is 9.69. The minimum absolute atomic E-state index is 0.272. The van der Waals surface area contributed by atoms with Gasteiger partial charge in [0.15, 0.2) is 0 Å². The van der Waals surface area contributed by atoms with Crippen LogP contribution in [0.3, 0.4) is 0 Å². The van der Waals surface area contributed by atoms with Crippen LogP contribution in [0.25, 0.3) is 11.3 Å². The molecule has 178 valence electrons. The highest BCUT2D eigenvalue weighted by Gasteiger charge is 2.43. The highest BCUT2D eigenvalue weighted by atomic mass is 19.4. The van der Waals surface area contributed by atoms with Crippen LogP contribution >= 0.6 is 0 Å². The molecule has 10 heteroatoms. The third kappa shape index (κ3) is 4.80. The van der Waals surface area contributed by atoms with Crippen LogP contribution < -0.4 is 5.32 Å². The molecular formula is C24H21F4N3O3. The first-order chi connectivity index (χ1) is 16.1. The van der Waals surface area contributed by atoms with Crippen LogP contribution in [0.15, 0.2) is 54.7 Å². The first-order valence-electron chi connectivity index (χ1n) is 10.7. The van der Waals surface area contributed by atoms with E-state index < -0.39 is 52.9 Å². The molecule has 0 aliphatic heterocycles. The Morgan fingerprint density at radius 2 is 1.79 bits per heavy atom. The number of carboxylic acid groups (broad SMARTS) is 1. The van der Waals surface area contributed by atoms with E-state index in [-0.39, 0.29) is 6.42 Å². The average molecular weight is 475 g/mol. The zero-order valence-corrected chi connectivity index (χ0v) is 17.8. The molecule has 3 atom stereocenters. The second kappa shape index (κ2) is 9.28. The first-order valence-corrected chi connectivity index (χ1v) is 10.7. The van der Waals surface area contributed by atoms with Crippen LogP contribution in [-0.4, -0.2) is 27.2 Å². The van der Waals surface area contributed by atoms with E-state index in [2.05, 4.69) is 15.5 Å². The second-order valence-electron chi connectivity index (χ2n) is 8.28. The maximum atomic E-state index is 14.2. The van der Waals surface area contributed by atoms with Crippen LogP contribution in [-0.2, 0) is 15.8 Å². The van der Waals surface area contributed by atoms with Crippen LogP contribution in [0.5, 0.6) is 0 Å². The number of benzene rings is 2. The van der Waals surface area contributed by atoms with Crippen molar-refractivity contribution in [3.05, 3.63) is 71.7 Å². The molecule has 0 radical (unpaired) electrons. The molecule has 6 nitrogen and oxygen atoms in total. The quantitative estimate of drug-likeness (QED) is 0.427. The van der Waals surface area contributed by atoms with Gasteiger partial charge in [-0.2, -0.15) is 18.3 Å². The molecule has 0 bridgehead atoms. The molecule has 1 amide bonds. The van der Waals surface area contributed by atoms with Gasteiger partial charge in [-0.25, -0.2) is 4.39 Å². The van der Waals surface area contributed by atoms with E-state index in [1.165, 1.54) is 0 Å². The summed E-state index contributed by atoms with van der Waals surface area (Å²) in [5, 5.41) is 19.0. The number of carbonyl (C=O) groups is 2. The van der Waals surface area contributed by atoms with Crippen molar-refractivity contribution >= 4 is 17.6 Å². The Hall–Kier alpha value is -3.69. The fraction of sp³-hybridized carbons (Fsp3) is 0.292. The fourth-order valence-corrected chi connectivity index (χ4v) is 4.55. The van der Waals surface area contributed by atoms with E-state index in [9.17, 15) is 32.3 Å². The summed E-state index contributed by atoms with van der Waals surface area (Å²) >= 11 is 0. The molecule has 0 unspecified atom stereocenters. The van der Waals surface area contributed by atoms with Gasteiger partial charge >= 0.3 is 12.1 Å². The maximum Gasteiger partial charge on any atom is 0.416 e. The van der Waals surface area contributed by atoms with Gasteiger partial charge in [-0.15, -0.1) is 0 Å². The summed E-state index contributed by atoms with van der Waals surface area (Å²) in [6.07, 6.45) is -1.70. The Balaban J connectivity index is 1.55. The number of halogens is 4. The van der Waals surface area contributed by atoms with E-state index in [0.717, 1.165) is 22.9 Å². The summed E-state index contributed by atoms with van der Waals surface area (Å²) in [6.45, 7) is 0. The lowest BCUT2D eigenvalue weighted by Gasteiger charge is -2.35. The molecule has 1 saturated carbocycles. The molecule has 3 aromatic rings. The van der Waals surface area contributed by atoms with Gasteiger partial charge in [0.05, 0.1) is 28.8 Å². The molecule has 1 aromatic heterocycles. The zero-order valence-electron chi connectivity index (χ0n) is 17.8. The SMILES string of the molecule is O=C(O)[C@@H]1[C@@H](c2ccc(-c3ccn[nH]3)cc2)CCC[C@H]1C(=O)Nc1ccc(C(F)(F)F)cc1F. The summed E-state index contributed by atoms with van der Waals surface area (Å²) in [5.41, 5.74) is 0.835. The maximum absolute atomic E-state index is 14.2. The lowest BCUT2D eigenvalue weighted by Crippen LogP contribution is -2.40. The van der Waals surface area contributed by atoms with Gasteiger partial charge < -0.3 is 10.4 Å². The Bertz CT molecular complexity index is 1180. The molecule has 34 heavy (non-hydrogen) atoms. The summed E-state index contributed by atoms with van der Waals surface area (Å²) < 4.78 is 52.6. The van der Waals surface area contributed by atoms with Crippen LogP contribution in [0.4, 0.5) is 23.2 Å². The number of nitrogens with zero attached hydrogens (tertiary/aromatic N) is 1. The number of aromatic nitrogens is 2. The number of carbonyl (C=O) groups excluding carboxylic acids is 1. The number of nitrogens with one attached hydrogen (secondary N) is 2. The minimum Gasteiger partial charge on any atom is -0.481 e. The number of carboxylic acids is 1. The predicted molar refractivity (Wildman–Crippen MR) is 115 cm³/mol. The number of H-pyrrole nitrogens is 1. The highest BCUT2D eigenvalue weighted by molar-refractivity contribution is 5.95. The van der Waals surface area contributed by atoms with Crippen LogP contribution in [0, 0.1) is 17.7 Å². The number of hydrogen-bond donors (Lipinski definition) is 3. The van der Waals surface area contributed by atoms with Gasteiger partial charge in [-0.1, -0.05) is 30.7 Å². The number of hydrogen-bond acceptors (Lipinski definition) is 3. The Morgan fingerprint density at radius 1 is 1.06 bits per heavy atom. The molecule has 1 aliphatic carbocycles. The van der Waals surface area contributed by atoms with Crippen molar-refractivity contribution < 1.29 is 32.3 Å². The molecule has 0 saturated heterocycles. The van der Waals surface area contributed by atoms with Gasteiger partial charge in [0.25, 0.3) is 0 Å². The Labute approximate surface area is 192 Å². The number of amides is 1. The summed E-state index contributed by atoms with van der Waals surface area (Å²) in [5.74, 6) is -5.61. The molecule has 2 aromatic carbocycles. The fourth-order valence-electron chi connectivity index (χ4n) is 4.55. The lowest BCUT2D eigenvalue weighted by molar-refractivity contribution is -0.148. The smallest absolute Gasteiger partial charge is 0.416 e. The van der Waals surface area contributed by atoms with Crippen molar-refractivity contribution in [1.82, 2.24) is 10.2 Å². The van der Waals surface area contributed by atoms with Gasteiger partial charge in [0, 0.05) is 6.20 Å². The van der Waals surface area contributed by atoms with Gasteiger partial charge in [0.2, 0.25) is 5.91 Å². The van der Waals surface area contributed by atoms with E-state index in [1.54, 1.807) is 12.3 Å². The van der Waals surface area contributed by atoms with E-state index in [1.807, 2.05) is 24.3 Å². The van der Waals surface area contributed by atoms with E-state index in [4.69, 9.17) is 0 Å². The van der Waals surface area contributed by atoms with E-state index >= 15 is 0 Å². The number of aromatic amines is 1. The van der Waals surface area contributed by atoms with Crippen molar-refractivity contribution in [2.45, 2.75) is 31.4 Å². The van der Waals surface area contributed by atoms with Crippen molar-refractivity contribution in [2.24, 2.45) is 11.8 Å². The Kier molecular flexibility index (Phi) is 6.41. The van der Waals surface area contributed by atoms with Crippen molar-refractivity contribution in [2.75, 3.05) is 5.32 Å². The number of alkyl halides is 3. The standard InChI is InChI=1S/C24H21F4N3O3/c25-18-12-15(24(26,27)28)8-9-20(18)30-22(32)17-3-1-2-16(21(17)23(33)34)13-4-6-14(7-5-13)19-10-11-29-31-19/h4-12,16-17,21H,1-3H2,(H,29,31)(H,30,32)(H,33,34)/t16-,17-,21-/m1/s1. The first kappa shape index (κ1) is 23.5. The van der Waals surface area contributed by atoms with Gasteiger partial charge in [-0.05, 0) is 54.2 Å². The number of rotatable bonds is 5. The molecule has 4 rings (SSSR count). The molecule has 1 fully saturated rings. The third-order valence-corrected chi connectivity index (χ3v) is 6.22. The van der Waals surface area contributed by atoms with Gasteiger partial charge in [-0.3, -0.25) is 14.7 Å². The summed E-state index contributed by atoms with van der Waals surface area (Å²) in [7, 11) is 0. The van der Waals surface area contributed by atoms with Crippen LogP contribution in [0.2, 0.25) is 0 Å².